The fourth-order valence-electron chi connectivity index (χ4n) is 2.29. The Hall–Kier alpha value is -2.08. The van der Waals surface area contributed by atoms with Crippen molar-refractivity contribution in [2.75, 3.05) is 22.9 Å². The number of nitrogens with two attached hydrogens (primary N) is 1. The third-order valence-electron chi connectivity index (χ3n) is 3.26. The maximum atomic E-state index is 11.3. The average Bonchev–Trinajstić information content (AvgIpc) is 2.95. The van der Waals surface area contributed by atoms with E-state index >= 15 is 0 Å². The number of amides is 1. The fraction of sp³-hybridized carbons (Fsp3) is 0.286. The number of benzene rings is 1. The Bertz CT molecular complexity index is 665. The summed E-state index contributed by atoms with van der Waals surface area (Å²) in [7, 11) is 0. The van der Waals surface area contributed by atoms with E-state index in [4.69, 9.17) is 5.73 Å². The Kier molecular flexibility index (Phi) is 3.31. The molecule has 6 heteroatoms. The van der Waals surface area contributed by atoms with Crippen LogP contribution in [-0.4, -0.2) is 17.4 Å². The molecule has 104 valence electrons. The first kappa shape index (κ1) is 12.9. The summed E-state index contributed by atoms with van der Waals surface area (Å²) in [6.07, 6.45) is 1.27. The first-order valence-electron chi connectivity index (χ1n) is 6.49. The van der Waals surface area contributed by atoms with E-state index in [0.717, 1.165) is 40.6 Å². The highest BCUT2D eigenvalue weighted by Gasteiger charge is 2.19. The molecule has 0 bridgehead atoms. The van der Waals surface area contributed by atoms with Gasteiger partial charge >= 0.3 is 0 Å². The molecule has 0 atom stereocenters. The van der Waals surface area contributed by atoms with Crippen molar-refractivity contribution in [1.29, 1.82) is 0 Å². The lowest BCUT2D eigenvalue weighted by molar-refractivity contribution is -0.115. The average molecular weight is 288 g/mol. The van der Waals surface area contributed by atoms with E-state index in [2.05, 4.69) is 21.0 Å². The van der Waals surface area contributed by atoms with Crippen LogP contribution >= 0.6 is 11.3 Å². The zero-order chi connectivity index (χ0) is 14.1. The summed E-state index contributed by atoms with van der Waals surface area (Å²) in [4.78, 5) is 15.8. The molecule has 4 N–H and O–H groups in total. The SMILES string of the molecule is Cc1nc(CCNc2cc3c(cc2N)CC(=O)N3)cs1. The van der Waals surface area contributed by atoms with Crippen molar-refractivity contribution < 1.29 is 4.79 Å². The number of carbonyl (C=O) groups is 1. The molecular formula is C14H16N4OS. The van der Waals surface area contributed by atoms with Gasteiger partial charge in [0.05, 0.1) is 28.5 Å². The van der Waals surface area contributed by atoms with E-state index in [1.54, 1.807) is 11.3 Å². The van der Waals surface area contributed by atoms with Gasteiger partial charge in [0.15, 0.2) is 0 Å². The molecule has 0 radical (unpaired) electrons. The number of nitrogens with one attached hydrogen (secondary N) is 2. The Morgan fingerprint density at radius 2 is 2.35 bits per heavy atom. The number of anilines is 3. The fourth-order valence-corrected chi connectivity index (χ4v) is 2.94. The number of hydrogen-bond acceptors (Lipinski definition) is 5. The maximum Gasteiger partial charge on any atom is 0.228 e. The van der Waals surface area contributed by atoms with Crippen molar-refractivity contribution in [1.82, 2.24) is 4.98 Å². The number of fused-ring (bicyclic) bond motifs is 1. The molecule has 1 amide bonds. The molecule has 1 aliphatic rings. The van der Waals surface area contributed by atoms with Gasteiger partial charge < -0.3 is 16.4 Å². The molecule has 1 aliphatic heterocycles. The van der Waals surface area contributed by atoms with Crippen molar-refractivity contribution >= 4 is 34.3 Å². The number of aromatic nitrogens is 1. The van der Waals surface area contributed by atoms with Gasteiger partial charge in [-0.2, -0.15) is 0 Å². The Labute approximate surface area is 121 Å². The predicted octanol–water partition coefficient (Wildman–Crippen LogP) is 2.18. The van der Waals surface area contributed by atoms with Gasteiger partial charge in [-0.3, -0.25) is 4.79 Å². The van der Waals surface area contributed by atoms with Gasteiger partial charge in [-0.1, -0.05) is 0 Å². The molecular weight excluding hydrogens is 272 g/mol. The zero-order valence-corrected chi connectivity index (χ0v) is 12.0. The number of carbonyl (C=O) groups excluding carboxylic acids is 1. The van der Waals surface area contributed by atoms with Gasteiger partial charge in [0.1, 0.15) is 0 Å². The first-order valence-corrected chi connectivity index (χ1v) is 7.37. The summed E-state index contributed by atoms with van der Waals surface area (Å²) < 4.78 is 0. The van der Waals surface area contributed by atoms with E-state index in [9.17, 15) is 4.79 Å². The van der Waals surface area contributed by atoms with E-state index < -0.39 is 0 Å². The highest BCUT2D eigenvalue weighted by atomic mass is 32.1. The molecule has 0 unspecified atom stereocenters. The third kappa shape index (κ3) is 2.60. The Morgan fingerprint density at radius 1 is 1.50 bits per heavy atom. The number of rotatable bonds is 4. The number of hydrogen-bond donors (Lipinski definition) is 3. The van der Waals surface area contributed by atoms with Crippen molar-refractivity contribution in [3.63, 3.8) is 0 Å². The van der Waals surface area contributed by atoms with Crippen LogP contribution in [-0.2, 0) is 17.6 Å². The second-order valence-corrected chi connectivity index (χ2v) is 5.92. The van der Waals surface area contributed by atoms with Crippen molar-refractivity contribution in [3.8, 4) is 0 Å². The summed E-state index contributed by atoms with van der Waals surface area (Å²) >= 11 is 1.66. The normalized spacial score (nSPS) is 13.2. The summed E-state index contributed by atoms with van der Waals surface area (Å²) in [5.41, 5.74) is 10.5. The largest absolute Gasteiger partial charge is 0.397 e. The maximum absolute atomic E-state index is 11.3. The van der Waals surface area contributed by atoms with Gasteiger partial charge in [-0.15, -0.1) is 11.3 Å². The summed E-state index contributed by atoms with van der Waals surface area (Å²) in [5, 5.41) is 9.29. The molecule has 2 aromatic rings. The highest BCUT2D eigenvalue weighted by Crippen LogP contribution is 2.31. The summed E-state index contributed by atoms with van der Waals surface area (Å²) in [5.74, 6) is 0.0227. The van der Waals surface area contributed by atoms with Crippen LogP contribution in [0.4, 0.5) is 17.1 Å². The van der Waals surface area contributed by atoms with Gasteiger partial charge in [0, 0.05) is 24.0 Å². The lowest BCUT2D eigenvalue weighted by atomic mass is 10.1. The molecule has 0 aliphatic carbocycles. The second kappa shape index (κ2) is 5.13. The highest BCUT2D eigenvalue weighted by molar-refractivity contribution is 7.09. The molecule has 0 fully saturated rings. The van der Waals surface area contributed by atoms with E-state index in [1.807, 2.05) is 19.1 Å². The van der Waals surface area contributed by atoms with Crippen molar-refractivity contribution in [3.05, 3.63) is 33.8 Å². The second-order valence-electron chi connectivity index (χ2n) is 4.86. The van der Waals surface area contributed by atoms with Gasteiger partial charge in [0.2, 0.25) is 5.91 Å². The van der Waals surface area contributed by atoms with Crippen LogP contribution in [0.1, 0.15) is 16.3 Å². The lowest BCUT2D eigenvalue weighted by Crippen LogP contribution is -2.08. The van der Waals surface area contributed by atoms with Crippen LogP contribution < -0.4 is 16.4 Å². The molecule has 3 rings (SSSR count). The minimum absolute atomic E-state index is 0.0227. The van der Waals surface area contributed by atoms with E-state index in [0.29, 0.717) is 12.1 Å². The monoisotopic (exact) mass is 288 g/mol. The smallest absolute Gasteiger partial charge is 0.228 e. The molecule has 20 heavy (non-hydrogen) atoms. The predicted molar refractivity (Wildman–Crippen MR) is 82.2 cm³/mol. The van der Waals surface area contributed by atoms with Crippen LogP contribution in [0.15, 0.2) is 17.5 Å². The van der Waals surface area contributed by atoms with Crippen LogP contribution in [0, 0.1) is 6.92 Å². The Balaban J connectivity index is 1.66. The number of thiazole rings is 1. The van der Waals surface area contributed by atoms with Crippen LogP contribution in [0.2, 0.25) is 0 Å². The lowest BCUT2D eigenvalue weighted by Gasteiger charge is -2.11. The quantitative estimate of drug-likeness (QED) is 0.753. The van der Waals surface area contributed by atoms with Crippen LogP contribution in [0.25, 0.3) is 0 Å². The minimum atomic E-state index is 0.0227. The topological polar surface area (TPSA) is 80.0 Å². The third-order valence-corrected chi connectivity index (χ3v) is 4.09. The number of nitrogen functional groups attached to an aromatic ring is 1. The Morgan fingerprint density at radius 3 is 3.10 bits per heavy atom. The molecule has 2 heterocycles. The number of nitrogens with zero attached hydrogens (tertiary/aromatic N) is 1. The van der Waals surface area contributed by atoms with Crippen molar-refractivity contribution in [2.24, 2.45) is 0 Å². The summed E-state index contributed by atoms with van der Waals surface area (Å²) in [6.45, 7) is 2.77. The summed E-state index contributed by atoms with van der Waals surface area (Å²) in [6, 6.07) is 3.77. The van der Waals surface area contributed by atoms with Gasteiger partial charge in [-0.05, 0) is 24.6 Å². The van der Waals surface area contributed by atoms with E-state index in [1.165, 1.54) is 0 Å². The number of aryl methyl sites for hydroxylation is 1. The molecule has 1 aromatic heterocycles. The minimum Gasteiger partial charge on any atom is -0.397 e. The standard InChI is InChI=1S/C14H16N4OS/c1-8-17-10(7-20-8)2-3-16-13-6-12-9(4-11(13)15)5-14(19)18-12/h4,6-7,16H,2-3,5,15H2,1H3,(H,18,19). The molecule has 1 aromatic carbocycles. The molecule has 5 nitrogen and oxygen atoms in total. The zero-order valence-electron chi connectivity index (χ0n) is 11.2. The van der Waals surface area contributed by atoms with Gasteiger partial charge in [0.25, 0.3) is 0 Å². The molecule has 0 saturated heterocycles. The van der Waals surface area contributed by atoms with Crippen molar-refractivity contribution in [2.45, 2.75) is 19.8 Å². The molecule has 0 spiro atoms. The van der Waals surface area contributed by atoms with Gasteiger partial charge in [-0.25, -0.2) is 4.98 Å². The van der Waals surface area contributed by atoms with Crippen LogP contribution in [0.5, 0.6) is 0 Å². The van der Waals surface area contributed by atoms with Crippen LogP contribution in [0.3, 0.4) is 0 Å². The van der Waals surface area contributed by atoms with E-state index in [-0.39, 0.29) is 5.91 Å². The first-order chi connectivity index (χ1) is 9.61. The molecule has 0 saturated carbocycles.